The summed E-state index contributed by atoms with van der Waals surface area (Å²) in [4.78, 5) is 14.0. The Hall–Kier alpha value is -1.13. The molecule has 16 heavy (non-hydrogen) atoms. The van der Waals surface area contributed by atoms with Gasteiger partial charge in [0.2, 0.25) is 5.91 Å². The lowest BCUT2D eigenvalue weighted by atomic mass is 10.2. The fourth-order valence-electron chi connectivity index (χ4n) is 1.47. The topological polar surface area (TPSA) is 29.1 Å². The van der Waals surface area contributed by atoms with Crippen molar-refractivity contribution in [3.8, 4) is 0 Å². The highest BCUT2D eigenvalue weighted by atomic mass is 32.1. The molecule has 2 heterocycles. The highest BCUT2D eigenvalue weighted by molar-refractivity contribution is 7.10. The van der Waals surface area contributed by atoms with Crippen molar-refractivity contribution in [2.45, 2.75) is 19.4 Å². The molecule has 0 spiro atoms. The van der Waals surface area contributed by atoms with Crippen LogP contribution in [0.15, 0.2) is 35.0 Å². The zero-order valence-electron chi connectivity index (χ0n) is 8.97. The van der Waals surface area contributed by atoms with E-state index in [1.807, 2.05) is 41.9 Å². The minimum atomic E-state index is 0.0864. The summed E-state index contributed by atoms with van der Waals surface area (Å²) >= 11 is 3.29. The Morgan fingerprint density at radius 2 is 2.06 bits per heavy atom. The molecular weight excluding hydrogens is 238 g/mol. The fraction of sp³-hybridized carbons (Fsp3) is 0.250. The van der Waals surface area contributed by atoms with Crippen molar-refractivity contribution in [3.05, 3.63) is 44.8 Å². The van der Waals surface area contributed by atoms with E-state index in [-0.39, 0.29) is 11.9 Å². The van der Waals surface area contributed by atoms with Crippen LogP contribution in [-0.2, 0) is 11.2 Å². The molecule has 0 aliphatic carbocycles. The molecule has 2 nitrogen and oxygen atoms in total. The Balaban J connectivity index is 1.88. The van der Waals surface area contributed by atoms with Crippen molar-refractivity contribution >= 4 is 28.6 Å². The SMILES string of the molecule is CC(NC(=O)Cc1cccs1)c1cccs1. The minimum absolute atomic E-state index is 0.0864. The monoisotopic (exact) mass is 251 g/mol. The van der Waals surface area contributed by atoms with Crippen LogP contribution in [0.3, 0.4) is 0 Å². The molecule has 2 aromatic rings. The standard InChI is InChI=1S/C12H13NOS2/c1-9(11-5-3-7-16-11)13-12(14)8-10-4-2-6-15-10/h2-7,9H,8H2,1H3,(H,13,14). The van der Waals surface area contributed by atoms with Crippen molar-refractivity contribution in [1.82, 2.24) is 5.32 Å². The second-order valence-electron chi connectivity index (χ2n) is 3.56. The molecule has 84 valence electrons. The first-order valence-corrected chi connectivity index (χ1v) is 6.87. The summed E-state index contributed by atoms with van der Waals surface area (Å²) in [6.45, 7) is 2.01. The molecule has 0 aromatic carbocycles. The maximum atomic E-state index is 11.7. The van der Waals surface area contributed by atoms with Crippen LogP contribution in [0.25, 0.3) is 0 Å². The Morgan fingerprint density at radius 3 is 2.69 bits per heavy atom. The highest BCUT2D eigenvalue weighted by Crippen LogP contribution is 2.18. The second kappa shape index (κ2) is 5.27. The molecule has 1 N–H and O–H groups in total. The van der Waals surface area contributed by atoms with Gasteiger partial charge in [0.15, 0.2) is 0 Å². The van der Waals surface area contributed by atoms with Gasteiger partial charge in [-0.25, -0.2) is 0 Å². The summed E-state index contributed by atoms with van der Waals surface area (Å²) in [6.07, 6.45) is 0.480. The number of hydrogen-bond donors (Lipinski definition) is 1. The van der Waals surface area contributed by atoms with Gasteiger partial charge in [-0.1, -0.05) is 12.1 Å². The summed E-state index contributed by atoms with van der Waals surface area (Å²) < 4.78 is 0. The van der Waals surface area contributed by atoms with Crippen molar-refractivity contribution in [1.29, 1.82) is 0 Å². The zero-order chi connectivity index (χ0) is 11.4. The van der Waals surface area contributed by atoms with E-state index in [0.717, 1.165) is 4.88 Å². The van der Waals surface area contributed by atoms with Gasteiger partial charge in [0.1, 0.15) is 0 Å². The molecule has 0 radical (unpaired) electrons. The van der Waals surface area contributed by atoms with Crippen LogP contribution in [0.1, 0.15) is 22.7 Å². The van der Waals surface area contributed by atoms with Crippen LogP contribution in [0.2, 0.25) is 0 Å². The Bertz CT molecular complexity index is 434. The predicted molar refractivity (Wildman–Crippen MR) is 68.9 cm³/mol. The quantitative estimate of drug-likeness (QED) is 0.888. The molecule has 0 aliphatic heterocycles. The van der Waals surface area contributed by atoms with E-state index in [2.05, 4.69) is 5.32 Å². The van der Waals surface area contributed by atoms with Crippen molar-refractivity contribution in [2.24, 2.45) is 0 Å². The number of thiophene rings is 2. The van der Waals surface area contributed by atoms with Gasteiger partial charge >= 0.3 is 0 Å². The third kappa shape index (κ3) is 2.93. The van der Waals surface area contributed by atoms with Crippen molar-refractivity contribution in [2.75, 3.05) is 0 Å². The summed E-state index contributed by atoms with van der Waals surface area (Å²) in [5, 5.41) is 7.02. The van der Waals surface area contributed by atoms with Crippen molar-refractivity contribution in [3.63, 3.8) is 0 Å². The molecular formula is C12H13NOS2. The summed E-state index contributed by atoms with van der Waals surface area (Å²) in [7, 11) is 0. The van der Waals surface area contributed by atoms with Crippen molar-refractivity contribution < 1.29 is 4.79 Å². The molecule has 0 saturated heterocycles. The Kier molecular flexibility index (Phi) is 3.74. The third-order valence-electron chi connectivity index (χ3n) is 2.26. The summed E-state index contributed by atoms with van der Waals surface area (Å²) in [6, 6.07) is 8.10. The van der Waals surface area contributed by atoms with E-state index in [9.17, 15) is 4.79 Å². The Labute approximate surface area is 103 Å². The molecule has 2 rings (SSSR count). The van der Waals surface area contributed by atoms with E-state index >= 15 is 0 Å². The first-order chi connectivity index (χ1) is 7.75. The van der Waals surface area contributed by atoms with E-state index in [1.54, 1.807) is 22.7 Å². The fourth-order valence-corrected chi connectivity index (χ4v) is 2.91. The maximum absolute atomic E-state index is 11.7. The van der Waals surface area contributed by atoms with Gasteiger partial charge in [0.25, 0.3) is 0 Å². The molecule has 1 unspecified atom stereocenters. The van der Waals surface area contributed by atoms with Crippen LogP contribution >= 0.6 is 22.7 Å². The molecule has 0 aliphatic rings. The molecule has 4 heteroatoms. The molecule has 0 bridgehead atoms. The lowest BCUT2D eigenvalue weighted by molar-refractivity contribution is -0.121. The molecule has 2 aromatic heterocycles. The van der Waals surface area contributed by atoms with Crippen LogP contribution in [0.5, 0.6) is 0 Å². The predicted octanol–water partition coefficient (Wildman–Crippen LogP) is 3.23. The average molecular weight is 251 g/mol. The summed E-state index contributed by atoms with van der Waals surface area (Å²) in [5.41, 5.74) is 0. The third-order valence-corrected chi connectivity index (χ3v) is 4.19. The van der Waals surface area contributed by atoms with Crippen LogP contribution in [-0.4, -0.2) is 5.91 Å². The minimum Gasteiger partial charge on any atom is -0.348 e. The molecule has 0 saturated carbocycles. The number of carbonyl (C=O) groups is 1. The number of amides is 1. The highest BCUT2D eigenvalue weighted by Gasteiger charge is 2.10. The van der Waals surface area contributed by atoms with Gasteiger partial charge < -0.3 is 5.32 Å². The number of rotatable bonds is 4. The molecule has 0 fully saturated rings. The van der Waals surface area contributed by atoms with Gasteiger partial charge in [-0.2, -0.15) is 0 Å². The Morgan fingerprint density at radius 1 is 1.31 bits per heavy atom. The first-order valence-electron chi connectivity index (χ1n) is 5.11. The van der Waals surface area contributed by atoms with E-state index < -0.39 is 0 Å². The average Bonchev–Trinajstić information content (AvgIpc) is 2.88. The van der Waals surface area contributed by atoms with E-state index in [0.29, 0.717) is 6.42 Å². The van der Waals surface area contributed by atoms with Gasteiger partial charge in [0, 0.05) is 9.75 Å². The molecule has 1 atom stereocenters. The zero-order valence-corrected chi connectivity index (χ0v) is 10.6. The van der Waals surface area contributed by atoms with Crippen LogP contribution in [0, 0.1) is 0 Å². The number of carbonyl (C=O) groups excluding carboxylic acids is 1. The van der Waals surface area contributed by atoms with Crippen LogP contribution < -0.4 is 5.32 Å². The smallest absolute Gasteiger partial charge is 0.225 e. The van der Waals surface area contributed by atoms with E-state index in [4.69, 9.17) is 0 Å². The maximum Gasteiger partial charge on any atom is 0.225 e. The van der Waals surface area contributed by atoms with E-state index in [1.165, 1.54) is 4.88 Å². The van der Waals surface area contributed by atoms with Gasteiger partial charge in [0.05, 0.1) is 12.5 Å². The largest absolute Gasteiger partial charge is 0.348 e. The first kappa shape index (κ1) is 11.4. The lowest BCUT2D eigenvalue weighted by Gasteiger charge is -2.11. The second-order valence-corrected chi connectivity index (χ2v) is 5.57. The molecule has 1 amide bonds. The lowest BCUT2D eigenvalue weighted by Crippen LogP contribution is -2.27. The van der Waals surface area contributed by atoms with Gasteiger partial charge in [-0.05, 0) is 29.8 Å². The van der Waals surface area contributed by atoms with Gasteiger partial charge in [-0.3, -0.25) is 4.79 Å². The number of hydrogen-bond acceptors (Lipinski definition) is 3. The summed E-state index contributed by atoms with van der Waals surface area (Å²) in [5.74, 6) is 0.0864. The number of nitrogens with one attached hydrogen (secondary N) is 1. The van der Waals surface area contributed by atoms with Gasteiger partial charge in [-0.15, -0.1) is 22.7 Å². The normalized spacial score (nSPS) is 12.3. The van der Waals surface area contributed by atoms with Crippen LogP contribution in [0.4, 0.5) is 0 Å².